The van der Waals surface area contributed by atoms with Crippen molar-refractivity contribution in [2.45, 2.75) is 32.9 Å². The van der Waals surface area contributed by atoms with Crippen molar-refractivity contribution in [1.29, 1.82) is 0 Å². The van der Waals surface area contributed by atoms with Crippen LogP contribution in [0.3, 0.4) is 0 Å². The van der Waals surface area contributed by atoms with Crippen molar-refractivity contribution in [2.75, 3.05) is 11.4 Å². The lowest BCUT2D eigenvalue weighted by Crippen LogP contribution is -2.38. The highest BCUT2D eigenvalue weighted by Crippen LogP contribution is 2.29. The van der Waals surface area contributed by atoms with E-state index in [2.05, 4.69) is 24.0 Å². The maximum Gasteiger partial charge on any atom is 0.169 e. The predicted octanol–water partition coefficient (Wildman–Crippen LogP) is 6.02. The molecule has 0 aliphatic heterocycles. The first kappa shape index (κ1) is 17.0. The fraction of sp³-hybridized carbons (Fsp3) is 0.333. The summed E-state index contributed by atoms with van der Waals surface area (Å²) in [5, 5.41) is 1.14. The Morgan fingerprint density at radius 2 is 1.82 bits per heavy atom. The van der Waals surface area contributed by atoms with Gasteiger partial charge in [-0.25, -0.2) is 0 Å². The molecule has 0 heterocycles. The number of benzene rings is 2. The van der Waals surface area contributed by atoms with Gasteiger partial charge in [-0.1, -0.05) is 54.7 Å². The lowest BCUT2D eigenvalue weighted by molar-refractivity contribution is 0.214. The number of nitrogens with zero attached hydrogens (tertiary/aromatic N) is 1. The average molecular weight is 338 g/mol. The zero-order valence-corrected chi connectivity index (χ0v) is 14.4. The van der Waals surface area contributed by atoms with Gasteiger partial charge in [0.05, 0.1) is 5.02 Å². The first-order valence-electron chi connectivity index (χ1n) is 7.55. The summed E-state index contributed by atoms with van der Waals surface area (Å²) >= 11 is 12.1. The van der Waals surface area contributed by atoms with E-state index in [1.807, 2.05) is 31.2 Å². The molecule has 22 heavy (non-hydrogen) atoms. The van der Waals surface area contributed by atoms with Gasteiger partial charge in [-0.15, -0.1) is 0 Å². The zero-order valence-electron chi connectivity index (χ0n) is 12.9. The zero-order chi connectivity index (χ0) is 15.9. The molecule has 0 saturated carbocycles. The highest BCUT2D eigenvalue weighted by molar-refractivity contribution is 6.35. The van der Waals surface area contributed by atoms with Crippen LogP contribution in [-0.2, 0) is 0 Å². The average Bonchev–Trinajstić information content (AvgIpc) is 2.51. The largest absolute Gasteiger partial charge is 0.469 e. The van der Waals surface area contributed by atoms with Crippen LogP contribution in [0.1, 0.15) is 26.7 Å². The Balaban J connectivity index is 2.16. The molecule has 0 aliphatic rings. The quantitative estimate of drug-likeness (QED) is 0.572. The minimum absolute atomic E-state index is 0.118. The summed E-state index contributed by atoms with van der Waals surface area (Å²) in [6, 6.07) is 15.6. The lowest BCUT2D eigenvalue weighted by Gasteiger charge is -2.31. The molecule has 2 nitrogen and oxygen atoms in total. The van der Waals surface area contributed by atoms with Crippen LogP contribution in [0.2, 0.25) is 10.0 Å². The molecular formula is C18H21Cl2NO. The number of unbranched alkanes of at least 4 members (excludes halogenated alkanes) is 1. The molecule has 1 atom stereocenters. The fourth-order valence-electron chi connectivity index (χ4n) is 2.29. The van der Waals surface area contributed by atoms with Crippen molar-refractivity contribution in [3.63, 3.8) is 0 Å². The number of hydrogen-bond acceptors (Lipinski definition) is 2. The molecule has 2 aromatic rings. The number of para-hydroxylation sites is 1. The standard InChI is InChI=1S/C18H21Cl2NO/c1-3-4-12-21(16-8-6-5-7-9-16)14(2)22-18-11-10-15(19)13-17(18)20/h5-11,13-14H,3-4,12H2,1-2H3. The maximum atomic E-state index is 6.20. The smallest absolute Gasteiger partial charge is 0.169 e. The molecular weight excluding hydrogens is 317 g/mol. The number of ether oxygens (including phenoxy) is 1. The van der Waals surface area contributed by atoms with Crippen molar-refractivity contribution in [1.82, 2.24) is 0 Å². The Kier molecular flexibility index (Phi) is 6.41. The second kappa shape index (κ2) is 8.30. The summed E-state index contributed by atoms with van der Waals surface area (Å²) in [5.41, 5.74) is 1.15. The van der Waals surface area contributed by atoms with Gasteiger partial charge >= 0.3 is 0 Å². The Morgan fingerprint density at radius 1 is 1.09 bits per heavy atom. The molecule has 0 fully saturated rings. The fourth-order valence-corrected chi connectivity index (χ4v) is 2.74. The van der Waals surface area contributed by atoms with Gasteiger partial charge in [-0.2, -0.15) is 0 Å². The Hall–Kier alpha value is -1.38. The molecule has 2 aromatic carbocycles. The molecule has 4 heteroatoms. The SMILES string of the molecule is CCCCN(c1ccccc1)C(C)Oc1ccc(Cl)cc1Cl. The maximum absolute atomic E-state index is 6.20. The normalized spacial score (nSPS) is 12.0. The summed E-state index contributed by atoms with van der Waals surface area (Å²) in [4.78, 5) is 2.24. The minimum Gasteiger partial charge on any atom is -0.469 e. The van der Waals surface area contributed by atoms with Crippen molar-refractivity contribution in [2.24, 2.45) is 0 Å². The van der Waals surface area contributed by atoms with Crippen LogP contribution in [0.15, 0.2) is 48.5 Å². The van der Waals surface area contributed by atoms with Gasteiger partial charge in [0.1, 0.15) is 5.75 Å². The van der Waals surface area contributed by atoms with Gasteiger partial charge in [0.25, 0.3) is 0 Å². The molecule has 0 aliphatic carbocycles. The van der Waals surface area contributed by atoms with Crippen LogP contribution >= 0.6 is 23.2 Å². The Bertz CT molecular complexity index is 589. The van der Waals surface area contributed by atoms with Crippen LogP contribution in [-0.4, -0.2) is 12.8 Å². The van der Waals surface area contributed by atoms with Gasteiger partial charge in [0, 0.05) is 17.3 Å². The lowest BCUT2D eigenvalue weighted by atomic mass is 10.2. The van der Waals surface area contributed by atoms with Crippen LogP contribution in [0, 0.1) is 0 Å². The highest BCUT2D eigenvalue weighted by atomic mass is 35.5. The van der Waals surface area contributed by atoms with E-state index in [-0.39, 0.29) is 6.23 Å². The van der Waals surface area contributed by atoms with Crippen LogP contribution in [0.4, 0.5) is 5.69 Å². The Morgan fingerprint density at radius 3 is 2.45 bits per heavy atom. The summed E-state index contributed by atoms with van der Waals surface area (Å²) in [6.07, 6.45) is 2.13. The summed E-state index contributed by atoms with van der Waals surface area (Å²) in [7, 11) is 0. The third kappa shape index (κ3) is 4.56. The van der Waals surface area contributed by atoms with E-state index in [0.29, 0.717) is 15.8 Å². The first-order chi connectivity index (χ1) is 10.6. The van der Waals surface area contributed by atoms with Gasteiger partial charge in [-0.05, 0) is 43.7 Å². The molecule has 0 bridgehead atoms. The van der Waals surface area contributed by atoms with Gasteiger partial charge in [0.15, 0.2) is 6.23 Å². The monoisotopic (exact) mass is 337 g/mol. The highest BCUT2D eigenvalue weighted by Gasteiger charge is 2.16. The molecule has 0 amide bonds. The van der Waals surface area contributed by atoms with E-state index in [1.54, 1.807) is 12.1 Å². The van der Waals surface area contributed by atoms with Crippen LogP contribution in [0.5, 0.6) is 5.75 Å². The predicted molar refractivity (Wildman–Crippen MR) is 95.2 cm³/mol. The molecule has 0 saturated heterocycles. The van der Waals surface area contributed by atoms with Gasteiger partial charge < -0.3 is 9.64 Å². The molecule has 0 radical (unpaired) electrons. The van der Waals surface area contributed by atoms with Gasteiger partial charge in [0.2, 0.25) is 0 Å². The van der Waals surface area contributed by atoms with Crippen LogP contribution in [0.25, 0.3) is 0 Å². The van der Waals surface area contributed by atoms with Crippen molar-refractivity contribution < 1.29 is 4.74 Å². The third-order valence-corrected chi connectivity index (χ3v) is 4.00. The molecule has 118 valence electrons. The van der Waals surface area contributed by atoms with E-state index in [1.165, 1.54) is 0 Å². The van der Waals surface area contributed by atoms with E-state index < -0.39 is 0 Å². The van der Waals surface area contributed by atoms with E-state index in [4.69, 9.17) is 27.9 Å². The summed E-state index contributed by atoms with van der Waals surface area (Å²) in [6.45, 7) is 5.16. The molecule has 0 N–H and O–H groups in total. The van der Waals surface area contributed by atoms with E-state index in [0.717, 1.165) is 25.1 Å². The van der Waals surface area contributed by atoms with Crippen molar-refractivity contribution in [3.8, 4) is 5.75 Å². The number of rotatable bonds is 7. The Labute approximate surface area is 142 Å². The number of anilines is 1. The first-order valence-corrected chi connectivity index (χ1v) is 8.30. The number of hydrogen-bond donors (Lipinski definition) is 0. The van der Waals surface area contributed by atoms with E-state index >= 15 is 0 Å². The second-order valence-corrected chi connectivity index (χ2v) is 6.02. The number of halogens is 2. The molecule has 0 spiro atoms. The molecule has 1 unspecified atom stereocenters. The molecule has 0 aromatic heterocycles. The van der Waals surface area contributed by atoms with Gasteiger partial charge in [-0.3, -0.25) is 0 Å². The summed E-state index contributed by atoms with van der Waals surface area (Å²) in [5.74, 6) is 0.649. The summed E-state index contributed by atoms with van der Waals surface area (Å²) < 4.78 is 6.05. The topological polar surface area (TPSA) is 12.5 Å². The second-order valence-electron chi connectivity index (χ2n) is 5.17. The van der Waals surface area contributed by atoms with E-state index in [9.17, 15) is 0 Å². The van der Waals surface area contributed by atoms with Crippen molar-refractivity contribution in [3.05, 3.63) is 58.6 Å². The molecule has 2 rings (SSSR count). The van der Waals surface area contributed by atoms with Crippen molar-refractivity contribution >= 4 is 28.9 Å². The minimum atomic E-state index is -0.118. The third-order valence-electron chi connectivity index (χ3n) is 3.47. The van der Waals surface area contributed by atoms with Crippen LogP contribution < -0.4 is 9.64 Å².